The molecule has 6 heteroatoms. The van der Waals surface area contributed by atoms with Crippen LogP contribution < -0.4 is 11.1 Å². The van der Waals surface area contributed by atoms with Gasteiger partial charge in [0.25, 0.3) is 0 Å². The van der Waals surface area contributed by atoms with Crippen molar-refractivity contribution in [2.75, 3.05) is 5.32 Å². The van der Waals surface area contributed by atoms with E-state index in [4.69, 9.17) is 5.73 Å². The number of aryl methyl sites for hydroxylation is 1. The van der Waals surface area contributed by atoms with Gasteiger partial charge in [-0.25, -0.2) is 0 Å². The number of carbonyl (C=O) groups excluding carboxylic acids is 1. The van der Waals surface area contributed by atoms with Gasteiger partial charge in [-0.2, -0.15) is 0 Å². The van der Waals surface area contributed by atoms with Crippen molar-refractivity contribution in [2.45, 2.75) is 39.8 Å². The molecule has 0 aliphatic carbocycles. The Morgan fingerprint density at radius 3 is 2.55 bits per heavy atom. The van der Waals surface area contributed by atoms with Crippen LogP contribution in [0.25, 0.3) is 10.9 Å². The summed E-state index contributed by atoms with van der Waals surface area (Å²) in [6.45, 7) is 6.86. The fourth-order valence-electron chi connectivity index (χ4n) is 2.21. The molecule has 0 spiro atoms. The number of hydrogen-bond donors (Lipinski definition) is 2. The Balaban J connectivity index is 0.00000220. The molecule has 2 rings (SSSR count). The maximum absolute atomic E-state index is 12.0. The second-order valence-corrected chi connectivity index (χ2v) is 5.42. The van der Waals surface area contributed by atoms with Crippen molar-refractivity contribution in [3.63, 3.8) is 0 Å². The molecule has 0 bridgehead atoms. The van der Waals surface area contributed by atoms with Gasteiger partial charge in [-0.3, -0.25) is 4.79 Å². The molecule has 22 heavy (non-hydrogen) atoms. The van der Waals surface area contributed by atoms with Gasteiger partial charge in [0.1, 0.15) is 0 Å². The van der Waals surface area contributed by atoms with E-state index in [0.717, 1.165) is 24.0 Å². The normalized spacial score (nSPS) is 12.9. The van der Waals surface area contributed by atoms with E-state index in [-0.39, 0.29) is 42.7 Å². The summed E-state index contributed by atoms with van der Waals surface area (Å²) in [5.74, 6) is -0.234. The van der Waals surface area contributed by atoms with Gasteiger partial charge in [-0.15, -0.1) is 24.8 Å². The first-order chi connectivity index (χ1) is 9.52. The summed E-state index contributed by atoms with van der Waals surface area (Å²) < 4.78 is 2.23. The minimum Gasteiger partial charge on any atom is -0.347 e. The molecule has 124 valence electrons. The average Bonchev–Trinajstić information content (AvgIpc) is 2.81. The number of carbonyl (C=O) groups is 1. The third-order valence-corrected chi connectivity index (χ3v) is 3.71. The number of nitrogens with one attached hydrogen (secondary N) is 1. The Hall–Kier alpha value is -1.23. The number of benzene rings is 1. The molecule has 2 atom stereocenters. The smallest absolute Gasteiger partial charge is 0.228 e. The number of amides is 1. The van der Waals surface area contributed by atoms with Gasteiger partial charge in [0, 0.05) is 35.4 Å². The predicted octanol–water partition coefficient (Wildman–Crippen LogP) is 3.82. The fraction of sp³-hybridized carbons (Fsp3) is 0.438. The third kappa shape index (κ3) is 4.63. The van der Waals surface area contributed by atoms with Crippen molar-refractivity contribution in [1.82, 2.24) is 4.57 Å². The van der Waals surface area contributed by atoms with Gasteiger partial charge in [-0.05, 0) is 37.6 Å². The van der Waals surface area contributed by atoms with Crippen LogP contribution in [-0.2, 0) is 11.3 Å². The molecular weight excluding hydrogens is 321 g/mol. The van der Waals surface area contributed by atoms with Crippen LogP contribution in [0.15, 0.2) is 30.5 Å². The quantitative estimate of drug-likeness (QED) is 0.865. The zero-order valence-electron chi connectivity index (χ0n) is 13.2. The SMILES string of the molecule is CCCn1ccc2cc(NC(=O)C(C)C(C)N)ccc21.Cl.Cl. The van der Waals surface area contributed by atoms with Crippen LogP contribution >= 0.6 is 24.8 Å². The lowest BCUT2D eigenvalue weighted by molar-refractivity contribution is -0.119. The number of halogens is 2. The third-order valence-electron chi connectivity index (χ3n) is 3.71. The summed E-state index contributed by atoms with van der Waals surface area (Å²) >= 11 is 0. The first-order valence-corrected chi connectivity index (χ1v) is 7.18. The highest BCUT2D eigenvalue weighted by Gasteiger charge is 2.17. The molecule has 0 aliphatic heterocycles. The number of hydrogen-bond acceptors (Lipinski definition) is 2. The largest absolute Gasteiger partial charge is 0.347 e. The van der Waals surface area contributed by atoms with Crippen molar-refractivity contribution >= 4 is 47.3 Å². The summed E-state index contributed by atoms with van der Waals surface area (Å²) in [4.78, 5) is 12.0. The zero-order chi connectivity index (χ0) is 14.7. The Morgan fingerprint density at radius 1 is 1.27 bits per heavy atom. The van der Waals surface area contributed by atoms with E-state index < -0.39 is 0 Å². The van der Waals surface area contributed by atoms with Crippen LogP contribution in [0.1, 0.15) is 27.2 Å². The molecule has 1 heterocycles. The van der Waals surface area contributed by atoms with Crippen LogP contribution in [0.5, 0.6) is 0 Å². The van der Waals surface area contributed by atoms with Gasteiger partial charge in [-0.1, -0.05) is 13.8 Å². The Kier molecular flexibility index (Phi) is 8.53. The molecule has 4 nitrogen and oxygen atoms in total. The van der Waals surface area contributed by atoms with Gasteiger partial charge >= 0.3 is 0 Å². The van der Waals surface area contributed by atoms with Gasteiger partial charge in [0.15, 0.2) is 0 Å². The Bertz CT molecular complexity index is 610. The molecule has 0 saturated carbocycles. The number of rotatable bonds is 5. The van der Waals surface area contributed by atoms with Crippen molar-refractivity contribution in [3.05, 3.63) is 30.5 Å². The van der Waals surface area contributed by atoms with E-state index in [1.165, 1.54) is 5.52 Å². The van der Waals surface area contributed by atoms with Gasteiger partial charge in [0.05, 0.1) is 5.92 Å². The van der Waals surface area contributed by atoms with E-state index >= 15 is 0 Å². The molecule has 3 N–H and O–H groups in total. The van der Waals surface area contributed by atoms with Crippen LogP contribution in [0, 0.1) is 5.92 Å². The first kappa shape index (κ1) is 20.8. The Morgan fingerprint density at radius 2 is 1.95 bits per heavy atom. The molecule has 1 aromatic heterocycles. The van der Waals surface area contributed by atoms with E-state index in [1.807, 2.05) is 26.0 Å². The first-order valence-electron chi connectivity index (χ1n) is 7.18. The number of nitrogens with zero attached hydrogens (tertiary/aromatic N) is 1. The lowest BCUT2D eigenvalue weighted by atomic mass is 10.0. The predicted molar refractivity (Wildman–Crippen MR) is 98.2 cm³/mol. The van der Waals surface area contributed by atoms with Crippen molar-refractivity contribution in [1.29, 1.82) is 0 Å². The summed E-state index contributed by atoms with van der Waals surface area (Å²) in [5.41, 5.74) is 7.78. The second kappa shape index (κ2) is 9.03. The Labute approximate surface area is 144 Å². The van der Waals surface area contributed by atoms with Crippen LogP contribution in [0.4, 0.5) is 5.69 Å². The summed E-state index contributed by atoms with van der Waals surface area (Å²) in [5, 5.41) is 4.07. The summed E-state index contributed by atoms with van der Waals surface area (Å²) in [7, 11) is 0. The topological polar surface area (TPSA) is 60.0 Å². The molecule has 1 aromatic carbocycles. The second-order valence-electron chi connectivity index (χ2n) is 5.42. The highest BCUT2D eigenvalue weighted by molar-refractivity contribution is 5.95. The molecule has 0 saturated heterocycles. The van der Waals surface area contributed by atoms with Crippen molar-refractivity contribution < 1.29 is 4.79 Å². The van der Waals surface area contributed by atoms with Gasteiger partial charge < -0.3 is 15.6 Å². The fourth-order valence-corrected chi connectivity index (χ4v) is 2.21. The molecule has 0 aliphatic rings. The molecule has 2 unspecified atom stereocenters. The van der Waals surface area contributed by atoms with E-state index in [0.29, 0.717) is 0 Å². The maximum Gasteiger partial charge on any atom is 0.228 e. The molecule has 2 aromatic rings. The van der Waals surface area contributed by atoms with Crippen molar-refractivity contribution in [2.24, 2.45) is 11.7 Å². The standard InChI is InChI=1S/C16H23N3O.2ClH/c1-4-8-19-9-7-13-10-14(5-6-15(13)19)18-16(20)11(2)12(3)17;;/h5-7,9-12H,4,8,17H2,1-3H3,(H,18,20);2*1H. The molecule has 0 radical (unpaired) electrons. The molecule has 1 amide bonds. The van der Waals surface area contributed by atoms with Crippen LogP contribution in [0.2, 0.25) is 0 Å². The summed E-state index contributed by atoms with van der Waals surface area (Å²) in [6, 6.07) is 7.93. The highest BCUT2D eigenvalue weighted by atomic mass is 35.5. The van der Waals surface area contributed by atoms with Gasteiger partial charge in [0.2, 0.25) is 5.91 Å². The minimum atomic E-state index is -0.199. The van der Waals surface area contributed by atoms with Crippen LogP contribution in [-0.4, -0.2) is 16.5 Å². The maximum atomic E-state index is 12.0. The highest BCUT2D eigenvalue weighted by Crippen LogP contribution is 2.21. The lowest BCUT2D eigenvalue weighted by Gasteiger charge is -2.15. The number of anilines is 1. The molecular formula is C16H25Cl2N3O. The lowest BCUT2D eigenvalue weighted by Crippen LogP contribution is -2.34. The minimum absolute atomic E-state index is 0. The number of nitrogens with two attached hydrogens (primary N) is 1. The monoisotopic (exact) mass is 345 g/mol. The average molecular weight is 346 g/mol. The van der Waals surface area contributed by atoms with Crippen LogP contribution in [0.3, 0.4) is 0 Å². The van der Waals surface area contributed by atoms with Crippen molar-refractivity contribution in [3.8, 4) is 0 Å². The molecule has 0 fully saturated rings. The summed E-state index contributed by atoms with van der Waals surface area (Å²) in [6.07, 6.45) is 3.19. The van der Waals surface area contributed by atoms with E-state index in [2.05, 4.69) is 35.1 Å². The zero-order valence-corrected chi connectivity index (χ0v) is 14.8. The van der Waals surface area contributed by atoms with E-state index in [1.54, 1.807) is 0 Å². The number of aromatic nitrogens is 1. The number of fused-ring (bicyclic) bond motifs is 1. The van der Waals surface area contributed by atoms with E-state index in [9.17, 15) is 4.79 Å².